The summed E-state index contributed by atoms with van der Waals surface area (Å²) in [7, 11) is 3.22. The third-order valence-electron chi connectivity index (χ3n) is 3.67. The third kappa shape index (κ3) is 5.96. The van der Waals surface area contributed by atoms with E-state index in [1.165, 1.54) is 0 Å². The van der Waals surface area contributed by atoms with Gasteiger partial charge in [0, 0.05) is 0 Å². The molecular formula is C21H23IN2O4. The molecule has 0 radical (unpaired) electrons. The molecule has 2 rings (SSSR count). The molecule has 148 valence electrons. The Morgan fingerprint density at radius 2 is 1.89 bits per heavy atom. The van der Waals surface area contributed by atoms with Crippen molar-refractivity contribution in [2.24, 2.45) is 5.10 Å². The van der Waals surface area contributed by atoms with Gasteiger partial charge in [-0.1, -0.05) is 12.0 Å². The van der Waals surface area contributed by atoms with E-state index in [-0.39, 0.29) is 6.61 Å². The number of ether oxygens (including phenoxy) is 4. The molecule has 0 aliphatic heterocycles. The van der Waals surface area contributed by atoms with Crippen LogP contribution in [0.1, 0.15) is 18.1 Å². The minimum absolute atomic E-state index is 0.191. The van der Waals surface area contributed by atoms with E-state index in [1.54, 1.807) is 20.4 Å². The molecule has 0 saturated carbocycles. The molecule has 0 spiro atoms. The average molecular weight is 494 g/mol. The lowest BCUT2D eigenvalue weighted by Gasteiger charge is -2.13. The highest BCUT2D eigenvalue weighted by atomic mass is 127. The molecule has 0 bridgehead atoms. The molecule has 0 aliphatic carbocycles. The molecule has 0 fully saturated rings. The van der Waals surface area contributed by atoms with E-state index >= 15 is 0 Å². The molecule has 6 nitrogen and oxygen atoms in total. The van der Waals surface area contributed by atoms with Crippen LogP contribution in [0.2, 0.25) is 0 Å². The molecule has 2 aromatic carbocycles. The molecule has 2 aromatic rings. The fourth-order valence-corrected chi connectivity index (χ4v) is 3.21. The minimum Gasteiger partial charge on any atom is -0.493 e. The number of hydrogen-bond acceptors (Lipinski definition) is 6. The van der Waals surface area contributed by atoms with Gasteiger partial charge in [0.25, 0.3) is 0 Å². The van der Waals surface area contributed by atoms with Crippen LogP contribution in [0.15, 0.2) is 35.4 Å². The second-order valence-corrected chi connectivity index (χ2v) is 6.70. The number of halogens is 1. The first-order valence-corrected chi connectivity index (χ1v) is 9.70. The van der Waals surface area contributed by atoms with Gasteiger partial charge < -0.3 is 24.4 Å². The topological polar surface area (TPSA) is 61.3 Å². The highest BCUT2D eigenvalue weighted by Gasteiger charge is 2.11. The van der Waals surface area contributed by atoms with Crippen molar-refractivity contribution in [1.29, 1.82) is 0 Å². The van der Waals surface area contributed by atoms with Crippen LogP contribution in [0.5, 0.6) is 23.0 Å². The molecule has 0 saturated heterocycles. The predicted octanol–water partition coefficient (Wildman–Crippen LogP) is 3.84. The zero-order valence-corrected chi connectivity index (χ0v) is 18.3. The summed E-state index contributed by atoms with van der Waals surface area (Å²) in [5.41, 5.74) is 4.95. The van der Waals surface area contributed by atoms with E-state index in [1.807, 2.05) is 37.3 Å². The summed E-state index contributed by atoms with van der Waals surface area (Å²) >= 11 is 2.19. The number of rotatable bonds is 10. The van der Waals surface area contributed by atoms with Gasteiger partial charge in [-0.15, -0.1) is 6.42 Å². The second-order valence-electron chi connectivity index (χ2n) is 5.54. The molecule has 0 unspecified atom stereocenters. The van der Waals surface area contributed by atoms with Crippen LogP contribution >= 0.6 is 22.6 Å². The molecule has 0 amide bonds. The smallest absolute Gasteiger partial charge is 0.175 e. The van der Waals surface area contributed by atoms with Crippen molar-refractivity contribution in [2.75, 3.05) is 27.4 Å². The van der Waals surface area contributed by atoms with E-state index in [0.717, 1.165) is 14.7 Å². The van der Waals surface area contributed by atoms with E-state index in [2.05, 4.69) is 39.0 Å². The lowest BCUT2D eigenvalue weighted by Crippen LogP contribution is -2.06. The van der Waals surface area contributed by atoms with Crippen molar-refractivity contribution in [3.8, 4) is 35.3 Å². The molecule has 1 N–H and O–H groups in total. The summed E-state index contributed by atoms with van der Waals surface area (Å²) in [5, 5.41) is 4.29. The van der Waals surface area contributed by atoms with E-state index in [0.29, 0.717) is 36.1 Å². The van der Waals surface area contributed by atoms with Crippen LogP contribution in [-0.4, -0.2) is 33.6 Å². The monoisotopic (exact) mass is 494 g/mol. The molecule has 0 aliphatic rings. The van der Waals surface area contributed by atoms with Crippen LogP contribution in [0.25, 0.3) is 0 Å². The van der Waals surface area contributed by atoms with E-state index < -0.39 is 0 Å². The summed E-state index contributed by atoms with van der Waals surface area (Å²) in [6.07, 6.45) is 7.01. The van der Waals surface area contributed by atoms with E-state index in [9.17, 15) is 0 Å². The fraction of sp³-hybridized carbons (Fsp3) is 0.286. The molecule has 0 heterocycles. The third-order valence-corrected chi connectivity index (χ3v) is 4.47. The van der Waals surface area contributed by atoms with Gasteiger partial charge in [-0.05, 0) is 64.9 Å². The Labute approximate surface area is 179 Å². The molecule has 28 heavy (non-hydrogen) atoms. The number of nitrogens with zero attached hydrogens (tertiary/aromatic N) is 1. The highest BCUT2D eigenvalue weighted by Crippen LogP contribution is 2.34. The SMILES string of the molecule is C#CCOc1c(I)cc(/C=N/NCc2ccc(OC)c(OC)c2)cc1OCC. The highest BCUT2D eigenvalue weighted by molar-refractivity contribution is 14.1. The van der Waals surface area contributed by atoms with Crippen LogP contribution in [0, 0.1) is 15.9 Å². The van der Waals surface area contributed by atoms with Gasteiger partial charge in [-0.2, -0.15) is 5.10 Å². The summed E-state index contributed by atoms with van der Waals surface area (Å²) in [4.78, 5) is 0. The lowest BCUT2D eigenvalue weighted by atomic mass is 10.2. The van der Waals surface area contributed by atoms with E-state index in [4.69, 9.17) is 25.4 Å². The Morgan fingerprint density at radius 3 is 2.57 bits per heavy atom. The maximum Gasteiger partial charge on any atom is 0.175 e. The van der Waals surface area contributed by atoms with Gasteiger partial charge in [0.15, 0.2) is 23.0 Å². The number of terminal acetylenes is 1. The van der Waals surface area contributed by atoms with Crippen LogP contribution in [0.4, 0.5) is 0 Å². The molecule has 0 atom stereocenters. The first kappa shape index (κ1) is 21.7. The summed E-state index contributed by atoms with van der Waals surface area (Å²) in [5.74, 6) is 5.14. The first-order chi connectivity index (χ1) is 13.6. The van der Waals surface area contributed by atoms with Crippen molar-refractivity contribution >= 4 is 28.8 Å². The Balaban J connectivity index is 2.06. The average Bonchev–Trinajstić information content (AvgIpc) is 2.70. The number of benzene rings is 2. The molecule has 0 aromatic heterocycles. The lowest BCUT2D eigenvalue weighted by molar-refractivity contribution is 0.298. The van der Waals surface area contributed by atoms with Crippen molar-refractivity contribution in [2.45, 2.75) is 13.5 Å². The van der Waals surface area contributed by atoms with Gasteiger partial charge in [-0.25, -0.2) is 0 Å². The van der Waals surface area contributed by atoms with Crippen molar-refractivity contribution in [3.63, 3.8) is 0 Å². The Bertz CT molecular complexity index is 862. The standard InChI is InChI=1S/C21H23IN2O4/c1-5-9-28-21-17(22)10-16(12-20(21)27-6-2)14-24-23-13-15-7-8-18(25-3)19(11-15)26-4/h1,7-8,10-12,14,23H,6,9,13H2,2-4H3/b24-14+. The summed E-state index contributed by atoms with van der Waals surface area (Å²) in [6, 6.07) is 9.56. The summed E-state index contributed by atoms with van der Waals surface area (Å²) in [6.45, 7) is 3.19. The fourth-order valence-electron chi connectivity index (χ4n) is 2.43. The second kappa shape index (κ2) is 11.3. The van der Waals surface area contributed by atoms with Crippen LogP contribution < -0.4 is 24.4 Å². The first-order valence-electron chi connectivity index (χ1n) is 8.62. The van der Waals surface area contributed by atoms with Gasteiger partial charge in [-0.3, -0.25) is 0 Å². The van der Waals surface area contributed by atoms with Crippen LogP contribution in [-0.2, 0) is 6.54 Å². The van der Waals surface area contributed by atoms with Gasteiger partial charge in [0.05, 0.1) is 37.2 Å². The zero-order chi connectivity index (χ0) is 20.4. The Hall–Kier alpha value is -2.60. The Kier molecular flexibility index (Phi) is 8.75. The molecular weight excluding hydrogens is 471 g/mol. The van der Waals surface area contributed by atoms with Crippen molar-refractivity contribution < 1.29 is 18.9 Å². The maximum atomic E-state index is 5.67. The van der Waals surface area contributed by atoms with Gasteiger partial charge in [0.1, 0.15) is 6.61 Å². The largest absolute Gasteiger partial charge is 0.493 e. The Morgan fingerprint density at radius 1 is 1.11 bits per heavy atom. The number of hydrazone groups is 1. The van der Waals surface area contributed by atoms with Crippen molar-refractivity contribution in [3.05, 3.63) is 45.0 Å². The quantitative estimate of drug-likeness (QED) is 0.236. The number of nitrogens with one attached hydrogen (secondary N) is 1. The molecule has 7 heteroatoms. The zero-order valence-electron chi connectivity index (χ0n) is 16.1. The predicted molar refractivity (Wildman–Crippen MR) is 119 cm³/mol. The normalized spacial score (nSPS) is 10.4. The number of methoxy groups -OCH3 is 2. The van der Waals surface area contributed by atoms with Gasteiger partial charge in [0.2, 0.25) is 0 Å². The van der Waals surface area contributed by atoms with Crippen molar-refractivity contribution in [1.82, 2.24) is 5.43 Å². The maximum absolute atomic E-state index is 5.67. The number of hydrogen-bond donors (Lipinski definition) is 1. The van der Waals surface area contributed by atoms with Gasteiger partial charge >= 0.3 is 0 Å². The summed E-state index contributed by atoms with van der Waals surface area (Å²) < 4.78 is 22.7. The van der Waals surface area contributed by atoms with Crippen LogP contribution in [0.3, 0.4) is 0 Å². The minimum atomic E-state index is 0.191.